The number of carbonyl (C=O) groups excluding carboxylic acids is 1. The lowest BCUT2D eigenvalue weighted by Crippen LogP contribution is -2.34. The number of hydrogen-bond donors (Lipinski definition) is 4. The Hall–Kier alpha value is -0.850. The van der Waals surface area contributed by atoms with Crippen LogP contribution in [0.5, 0.6) is 0 Å². The van der Waals surface area contributed by atoms with Crippen molar-refractivity contribution in [2.24, 2.45) is 5.73 Å². The fourth-order valence-electron chi connectivity index (χ4n) is 1.52. The topological polar surface area (TPSA) is 105 Å². The lowest BCUT2D eigenvalue weighted by atomic mass is 10.1. The van der Waals surface area contributed by atoms with Gasteiger partial charge in [0.2, 0.25) is 0 Å². The summed E-state index contributed by atoms with van der Waals surface area (Å²) in [6.45, 7) is 6.17. The van der Waals surface area contributed by atoms with Gasteiger partial charge in [0, 0.05) is 6.54 Å². The monoisotopic (exact) mass is 276 g/mol. The summed E-state index contributed by atoms with van der Waals surface area (Å²) in [5.74, 6) is 0. The second-order valence-corrected chi connectivity index (χ2v) is 5.68. The number of aliphatic hydroxyl groups excluding tert-OH is 2. The predicted octanol–water partition coefficient (Wildman–Crippen LogP) is 0.752. The van der Waals surface area contributed by atoms with E-state index in [-0.39, 0.29) is 0 Å². The summed E-state index contributed by atoms with van der Waals surface area (Å²) in [6, 6.07) is 0. The van der Waals surface area contributed by atoms with E-state index in [0.29, 0.717) is 38.8 Å². The molecular formula is C13H28N2O4. The van der Waals surface area contributed by atoms with Crippen LogP contribution in [0.1, 0.15) is 46.5 Å². The third kappa shape index (κ3) is 11.9. The minimum Gasteiger partial charge on any atom is -0.444 e. The third-order valence-corrected chi connectivity index (χ3v) is 2.48. The molecule has 0 fully saturated rings. The molecule has 2 atom stereocenters. The Kier molecular flexibility index (Phi) is 8.71. The van der Waals surface area contributed by atoms with Crippen molar-refractivity contribution in [3.63, 3.8) is 0 Å². The van der Waals surface area contributed by atoms with Crippen molar-refractivity contribution in [1.82, 2.24) is 5.32 Å². The molecule has 6 heteroatoms. The fourth-order valence-corrected chi connectivity index (χ4v) is 1.52. The number of aliphatic hydroxyl groups is 2. The van der Waals surface area contributed by atoms with E-state index in [2.05, 4.69) is 5.32 Å². The van der Waals surface area contributed by atoms with Crippen LogP contribution in [0.25, 0.3) is 0 Å². The molecule has 2 unspecified atom stereocenters. The zero-order valence-corrected chi connectivity index (χ0v) is 12.2. The Balaban J connectivity index is 3.63. The first-order chi connectivity index (χ1) is 8.74. The van der Waals surface area contributed by atoms with Crippen LogP contribution >= 0.6 is 0 Å². The maximum atomic E-state index is 11.3. The van der Waals surface area contributed by atoms with Gasteiger partial charge < -0.3 is 26.0 Å². The Morgan fingerprint density at radius 2 is 1.68 bits per heavy atom. The van der Waals surface area contributed by atoms with Crippen molar-refractivity contribution in [2.45, 2.75) is 64.3 Å². The Labute approximate surface area is 115 Å². The maximum absolute atomic E-state index is 11.3. The third-order valence-electron chi connectivity index (χ3n) is 2.48. The first kappa shape index (κ1) is 18.1. The number of rotatable bonds is 8. The van der Waals surface area contributed by atoms with Gasteiger partial charge in [-0.25, -0.2) is 4.79 Å². The molecule has 0 aromatic heterocycles. The van der Waals surface area contributed by atoms with Gasteiger partial charge in [0.25, 0.3) is 0 Å². The number of ether oxygens (including phenoxy) is 1. The molecule has 0 saturated heterocycles. The molecule has 6 nitrogen and oxygen atoms in total. The van der Waals surface area contributed by atoms with Crippen LogP contribution in [0.4, 0.5) is 4.79 Å². The van der Waals surface area contributed by atoms with Crippen molar-refractivity contribution in [3.05, 3.63) is 0 Å². The first-order valence-electron chi connectivity index (χ1n) is 6.77. The van der Waals surface area contributed by atoms with Gasteiger partial charge >= 0.3 is 6.09 Å². The van der Waals surface area contributed by atoms with E-state index in [1.165, 1.54) is 0 Å². The summed E-state index contributed by atoms with van der Waals surface area (Å²) in [5, 5.41) is 21.7. The van der Waals surface area contributed by atoms with Crippen molar-refractivity contribution >= 4 is 6.09 Å². The molecular weight excluding hydrogens is 248 g/mol. The number of amides is 1. The highest BCUT2D eigenvalue weighted by molar-refractivity contribution is 5.67. The van der Waals surface area contributed by atoms with Crippen LogP contribution in [0.2, 0.25) is 0 Å². The molecule has 1 amide bonds. The number of hydrogen-bond acceptors (Lipinski definition) is 5. The van der Waals surface area contributed by atoms with Crippen LogP contribution < -0.4 is 11.1 Å². The molecule has 0 heterocycles. The van der Waals surface area contributed by atoms with Crippen LogP contribution in [-0.4, -0.2) is 47.2 Å². The molecule has 0 aliphatic rings. The van der Waals surface area contributed by atoms with Crippen molar-refractivity contribution in [2.75, 3.05) is 13.1 Å². The Morgan fingerprint density at radius 3 is 2.16 bits per heavy atom. The second-order valence-electron chi connectivity index (χ2n) is 5.68. The zero-order chi connectivity index (χ0) is 14.9. The standard InChI is InChI=1S/C13H28N2O4/c1-13(2,3)19-12(18)15-9-7-11(17)5-4-10(16)6-8-14/h10-11,16-17H,4-9,14H2,1-3H3,(H,15,18). The summed E-state index contributed by atoms with van der Waals surface area (Å²) >= 11 is 0. The quantitative estimate of drug-likeness (QED) is 0.523. The van der Waals surface area contributed by atoms with Crippen molar-refractivity contribution < 1.29 is 19.7 Å². The summed E-state index contributed by atoms with van der Waals surface area (Å²) < 4.78 is 5.06. The minimum atomic E-state index is -0.539. The smallest absolute Gasteiger partial charge is 0.407 e. The van der Waals surface area contributed by atoms with Gasteiger partial charge in [-0.15, -0.1) is 0 Å². The van der Waals surface area contributed by atoms with E-state index >= 15 is 0 Å². The number of carbonyl (C=O) groups is 1. The highest BCUT2D eigenvalue weighted by atomic mass is 16.6. The van der Waals surface area contributed by atoms with E-state index in [1.807, 2.05) is 0 Å². The van der Waals surface area contributed by atoms with E-state index in [4.69, 9.17) is 10.5 Å². The molecule has 0 saturated carbocycles. The summed E-state index contributed by atoms with van der Waals surface area (Å²) in [7, 11) is 0. The minimum absolute atomic E-state index is 0.350. The van der Waals surface area contributed by atoms with Crippen LogP contribution in [0, 0.1) is 0 Å². The molecule has 0 rings (SSSR count). The average Bonchev–Trinajstić information content (AvgIpc) is 2.24. The number of nitrogens with two attached hydrogens (primary N) is 1. The van der Waals surface area contributed by atoms with Crippen molar-refractivity contribution in [3.8, 4) is 0 Å². The Morgan fingerprint density at radius 1 is 1.16 bits per heavy atom. The highest BCUT2D eigenvalue weighted by Gasteiger charge is 2.16. The van der Waals surface area contributed by atoms with E-state index < -0.39 is 23.9 Å². The summed E-state index contributed by atoms with van der Waals surface area (Å²) in [5.41, 5.74) is 4.80. The van der Waals surface area contributed by atoms with Gasteiger partial charge in [-0.1, -0.05) is 0 Å². The molecule has 0 aliphatic heterocycles. The van der Waals surface area contributed by atoms with Gasteiger partial charge in [-0.3, -0.25) is 0 Å². The molecule has 0 aliphatic carbocycles. The van der Waals surface area contributed by atoms with Gasteiger partial charge in [-0.2, -0.15) is 0 Å². The second kappa shape index (κ2) is 9.12. The molecule has 114 valence electrons. The van der Waals surface area contributed by atoms with E-state index in [1.54, 1.807) is 20.8 Å². The summed E-state index contributed by atoms with van der Waals surface area (Å²) in [4.78, 5) is 11.3. The van der Waals surface area contributed by atoms with Crippen LogP contribution in [-0.2, 0) is 4.74 Å². The van der Waals surface area contributed by atoms with Gasteiger partial charge in [0.1, 0.15) is 5.60 Å². The number of alkyl carbamates (subject to hydrolysis) is 1. The van der Waals surface area contributed by atoms with Crippen LogP contribution in [0.3, 0.4) is 0 Å². The van der Waals surface area contributed by atoms with Gasteiger partial charge in [0.05, 0.1) is 12.2 Å². The average molecular weight is 276 g/mol. The lowest BCUT2D eigenvalue weighted by Gasteiger charge is -2.20. The predicted molar refractivity (Wildman–Crippen MR) is 73.8 cm³/mol. The molecule has 19 heavy (non-hydrogen) atoms. The molecule has 5 N–H and O–H groups in total. The SMILES string of the molecule is CC(C)(C)OC(=O)NCCC(O)CCC(O)CCN. The number of nitrogens with one attached hydrogen (secondary N) is 1. The fraction of sp³-hybridized carbons (Fsp3) is 0.923. The normalized spacial score (nSPS) is 14.8. The first-order valence-corrected chi connectivity index (χ1v) is 6.77. The van der Waals surface area contributed by atoms with E-state index in [0.717, 1.165) is 0 Å². The molecule has 0 bridgehead atoms. The molecule has 0 spiro atoms. The van der Waals surface area contributed by atoms with Gasteiger partial charge in [-0.05, 0) is 53.0 Å². The van der Waals surface area contributed by atoms with Crippen LogP contribution in [0.15, 0.2) is 0 Å². The van der Waals surface area contributed by atoms with E-state index in [9.17, 15) is 15.0 Å². The highest BCUT2D eigenvalue weighted by Crippen LogP contribution is 2.08. The molecule has 0 radical (unpaired) electrons. The lowest BCUT2D eigenvalue weighted by molar-refractivity contribution is 0.0513. The summed E-state index contributed by atoms with van der Waals surface area (Å²) in [6.07, 6.45) is 0.517. The van der Waals surface area contributed by atoms with Crippen molar-refractivity contribution in [1.29, 1.82) is 0 Å². The molecule has 0 aromatic carbocycles. The zero-order valence-electron chi connectivity index (χ0n) is 12.2. The van der Waals surface area contributed by atoms with Gasteiger partial charge in [0.15, 0.2) is 0 Å². The molecule has 0 aromatic rings. The Bertz CT molecular complexity index is 254. The largest absolute Gasteiger partial charge is 0.444 e. The maximum Gasteiger partial charge on any atom is 0.407 e.